The lowest BCUT2D eigenvalue weighted by atomic mass is 9.98. The number of hydrogen-bond acceptors (Lipinski definition) is 8. The van der Waals surface area contributed by atoms with Crippen molar-refractivity contribution in [2.24, 2.45) is 5.11 Å². The number of thioether (sulfide) groups is 1. The van der Waals surface area contributed by atoms with Crippen LogP contribution in [-0.2, 0) is 4.74 Å². The average Bonchev–Trinajstić information content (AvgIpc) is 2.59. The number of aliphatic hydroxyl groups excluding tert-OH is 3. The molecule has 1 amide bonds. The predicted octanol–water partition coefficient (Wildman–Crippen LogP) is 0.791. The number of aromatic nitrogens is 1. The van der Waals surface area contributed by atoms with Gasteiger partial charge in [0.05, 0.1) is 23.8 Å². The number of azide groups is 1. The quantitative estimate of drug-likeness (QED) is 0.365. The lowest BCUT2D eigenvalue weighted by Gasteiger charge is -2.40. The zero-order chi connectivity index (χ0) is 19.6. The summed E-state index contributed by atoms with van der Waals surface area (Å²) in [4.78, 5) is 21.4. The molecule has 0 radical (unpaired) electrons. The van der Waals surface area contributed by atoms with Gasteiger partial charge in [0.25, 0.3) is 5.91 Å². The normalized spacial score (nSPS) is 30.4. The minimum absolute atomic E-state index is 0.173. The molecule has 10 nitrogen and oxygen atoms in total. The van der Waals surface area contributed by atoms with Crippen LogP contribution in [-0.4, -0.2) is 80.6 Å². The Morgan fingerprint density at radius 2 is 2.22 bits per heavy atom. The van der Waals surface area contributed by atoms with E-state index in [-0.39, 0.29) is 11.6 Å². The van der Waals surface area contributed by atoms with Gasteiger partial charge in [0.2, 0.25) is 0 Å². The first kappa shape index (κ1) is 20.2. The highest BCUT2D eigenvalue weighted by atomic mass is 35.5. The Kier molecular flexibility index (Phi) is 6.43. The monoisotopic (exact) mass is 415 g/mol. The standard InChI is InChI=1S/C15H18ClN5O5S/c16-7-4-9(10(18-5-7)14(25)21-2-1-3-21)27-15-13(24)11(19-20-17)12(23)8(6-22)26-15/h4-5,8,11-13,15,22-24H,1-3,6H2/t8?,11?,12-,13-,15+/m0/s1. The van der Waals surface area contributed by atoms with E-state index in [9.17, 15) is 20.1 Å². The van der Waals surface area contributed by atoms with E-state index < -0.39 is 36.4 Å². The van der Waals surface area contributed by atoms with Crippen molar-refractivity contribution in [1.82, 2.24) is 9.88 Å². The number of pyridine rings is 1. The number of hydrogen-bond donors (Lipinski definition) is 3. The summed E-state index contributed by atoms with van der Waals surface area (Å²) >= 11 is 6.98. The lowest BCUT2D eigenvalue weighted by Crippen LogP contribution is -2.56. The molecule has 0 bridgehead atoms. The van der Waals surface area contributed by atoms with Crippen LogP contribution in [0.5, 0.6) is 0 Å². The number of ether oxygens (including phenoxy) is 1. The van der Waals surface area contributed by atoms with Crippen LogP contribution in [0.2, 0.25) is 5.02 Å². The highest BCUT2D eigenvalue weighted by Gasteiger charge is 2.44. The Labute approximate surface area is 163 Å². The fourth-order valence-corrected chi connectivity index (χ4v) is 4.24. The minimum Gasteiger partial charge on any atom is -0.394 e. The molecule has 12 heteroatoms. The van der Waals surface area contributed by atoms with E-state index in [4.69, 9.17) is 21.9 Å². The number of halogens is 1. The van der Waals surface area contributed by atoms with Crippen molar-refractivity contribution in [2.45, 2.75) is 41.1 Å². The second-order valence-corrected chi connectivity index (χ2v) is 7.74. The van der Waals surface area contributed by atoms with E-state index >= 15 is 0 Å². The third-order valence-corrected chi connectivity index (χ3v) is 5.84. The van der Waals surface area contributed by atoms with Crippen molar-refractivity contribution >= 4 is 29.3 Å². The predicted molar refractivity (Wildman–Crippen MR) is 96.3 cm³/mol. The summed E-state index contributed by atoms with van der Waals surface area (Å²) in [6.45, 7) is 0.761. The van der Waals surface area contributed by atoms with Crippen LogP contribution in [0.25, 0.3) is 10.4 Å². The van der Waals surface area contributed by atoms with Gasteiger partial charge in [0.15, 0.2) is 0 Å². The molecule has 0 spiro atoms. The van der Waals surface area contributed by atoms with Crippen LogP contribution in [0.4, 0.5) is 0 Å². The molecule has 0 saturated carbocycles. The maximum absolute atomic E-state index is 12.6. The van der Waals surface area contributed by atoms with Gasteiger partial charge in [-0.2, -0.15) is 0 Å². The van der Waals surface area contributed by atoms with Crippen LogP contribution >= 0.6 is 23.4 Å². The van der Waals surface area contributed by atoms with E-state index in [1.807, 2.05) is 0 Å². The van der Waals surface area contributed by atoms with Crippen LogP contribution in [0, 0.1) is 0 Å². The first-order valence-electron chi connectivity index (χ1n) is 8.24. The second kappa shape index (κ2) is 8.61. The van der Waals surface area contributed by atoms with E-state index in [2.05, 4.69) is 15.0 Å². The molecule has 0 aliphatic carbocycles. The fourth-order valence-electron chi connectivity index (χ4n) is 2.83. The minimum atomic E-state index is -1.37. The molecule has 2 aliphatic heterocycles. The number of likely N-dealkylation sites (tertiary alicyclic amines) is 1. The second-order valence-electron chi connectivity index (χ2n) is 6.17. The van der Waals surface area contributed by atoms with Gasteiger partial charge in [-0.3, -0.25) is 4.79 Å². The van der Waals surface area contributed by atoms with Gasteiger partial charge < -0.3 is 25.0 Å². The van der Waals surface area contributed by atoms with Crippen molar-refractivity contribution in [2.75, 3.05) is 19.7 Å². The molecule has 2 saturated heterocycles. The molecule has 3 N–H and O–H groups in total. The molecule has 2 aliphatic rings. The van der Waals surface area contributed by atoms with Crippen molar-refractivity contribution in [3.63, 3.8) is 0 Å². The highest BCUT2D eigenvalue weighted by molar-refractivity contribution is 8.00. The Morgan fingerprint density at radius 3 is 2.81 bits per heavy atom. The largest absolute Gasteiger partial charge is 0.394 e. The van der Waals surface area contributed by atoms with E-state index in [1.165, 1.54) is 12.3 Å². The molecule has 1 aromatic rings. The molecule has 2 unspecified atom stereocenters. The maximum atomic E-state index is 12.6. The number of amides is 1. The summed E-state index contributed by atoms with van der Waals surface area (Å²) in [5, 5.41) is 33.7. The number of carbonyl (C=O) groups is 1. The number of aliphatic hydroxyl groups is 3. The molecule has 3 heterocycles. The van der Waals surface area contributed by atoms with Crippen molar-refractivity contribution in [1.29, 1.82) is 0 Å². The van der Waals surface area contributed by atoms with Gasteiger partial charge >= 0.3 is 0 Å². The zero-order valence-corrected chi connectivity index (χ0v) is 15.6. The maximum Gasteiger partial charge on any atom is 0.273 e. The third kappa shape index (κ3) is 4.14. The number of carbonyl (C=O) groups excluding carboxylic acids is 1. The van der Waals surface area contributed by atoms with Gasteiger partial charge in [-0.15, -0.1) is 0 Å². The van der Waals surface area contributed by atoms with Crippen molar-refractivity contribution < 1.29 is 24.9 Å². The lowest BCUT2D eigenvalue weighted by molar-refractivity contribution is -0.159. The molecule has 1 aromatic heterocycles. The third-order valence-electron chi connectivity index (χ3n) is 4.44. The first-order valence-corrected chi connectivity index (χ1v) is 9.50. The Bertz CT molecular complexity index is 760. The topological polar surface area (TPSA) is 152 Å². The van der Waals surface area contributed by atoms with E-state index in [0.717, 1.165) is 18.2 Å². The molecule has 146 valence electrons. The molecule has 27 heavy (non-hydrogen) atoms. The number of nitrogens with zero attached hydrogens (tertiary/aromatic N) is 5. The molecule has 2 fully saturated rings. The van der Waals surface area contributed by atoms with Crippen LogP contribution in [0.15, 0.2) is 22.3 Å². The highest BCUT2D eigenvalue weighted by Crippen LogP contribution is 2.37. The molecular formula is C15H18ClN5O5S. The Morgan fingerprint density at radius 1 is 1.48 bits per heavy atom. The van der Waals surface area contributed by atoms with Gasteiger partial charge in [-0.05, 0) is 18.0 Å². The van der Waals surface area contributed by atoms with E-state index in [0.29, 0.717) is 23.0 Å². The van der Waals surface area contributed by atoms with E-state index in [1.54, 1.807) is 4.90 Å². The molecule has 3 rings (SSSR count). The zero-order valence-electron chi connectivity index (χ0n) is 14.1. The molecular weight excluding hydrogens is 398 g/mol. The summed E-state index contributed by atoms with van der Waals surface area (Å²) in [5.74, 6) is -0.254. The summed E-state index contributed by atoms with van der Waals surface area (Å²) in [5.41, 5.74) is 7.85. The summed E-state index contributed by atoms with van der Waals surface area (Å²) in [7, 11) is 0. The summed E-state index contributed by atoms with van der Waals surface area (Å²) in [6.07, 6.45) is -1.49. The number of rotatable bonds is 5. The molecule has 5 atom stereocenters. The first-order chi connectivity index (χ1) is 13.0. The Hall–Kier alpha value is -1.59. The van der Waals surface area contributed by atoms with Crippen LogP contribution in [0.3, 0.4) is 0 Å². The summed E-state index contributed by atoms with van der Waals surface area (Å²) in [6, 6.07) is 0.323. The smallest absolute Gasteiger partial charge is 0.273 e. The summed E-state index contributed by atoms with van der Waals surface area (Å²) < 4.78 is 5.55. The van der Waals surface area contributed by atoms with Gasteiger partial charge in [-0.25, -0.2) is 4.98 Å². The average molecular weight is 416 g/mol. The SMILES string of the molecule is [N-]=[N+]=NC1[C@@H](O)C(CO)O[C@H](Sc2cc(Cl)cnc2C(=O)N2CCC2)[C@H]1O. The van der Waals surface area contributed by atoms with Gasteiger partial charge in [-0.1, -0.05) is 28.5 Å². The van der Waals surface area contributed by atoms with Crippen molar-refractivity contribution in [3.05, 3.63) is 33.4 Å². The van der Waals surface area contributed by atoms with Gasteiger partial charge in [0, 0.05) is 29.1 Å². The van der Waals surface area contributed by atoms with Gasteiger partial charge in [0.1, 0.15) is 23.3 Å². The van der Waals surface area contributed by atoms with Crippen LogP contribution < -0.4 is 0 Å². The van der Waals surface area contributed by atoms with Crippen LogP contribution in [0.1, 0.15) is 16.9 Å². The Balaban J connectivity index is 1.87. The van der Waals surface area contributed by atoms with Crippen molar-refractivity contribution in [3.8, 4) is 0 Å². The molecule has 0 aromatic carbocycles. The fraction of sp³-hybridized carbons (Fsp3) is 0.600.